The van der Waals surface area contributed by atoms with Gasteiger partial charge in [0, 0.05) is 12.7 Å². The minimum atomic E-state index is -0.538. The largest absolute Gasteiger partial charge is 0.368 e. The van der Waals surface area contributed by atoms with Crippen molar-refractivity contribution in [3.8, 4) is 0 Å². The van der Waals surface area contributed by atoms with Crippen LogP contribution in [0.25, 0.3) is 0 Å². The smallest absolute Gasteiger partial charge is 0.237 e. The van der Waals surface area contributed by atoms with Crippen molar-refractivity contribution in [3.05, 3.63) is 23.4 Å². The zero-order chi connectivity index (χ0) is 15.1. The fourth-order valence-electron chi connectivity index (χ4n) is 1.90. The molecule has 0 aromatic carbocycles. The predicted molar refractivity (Wildman–Crippen MR) is 77.0 cm³/mol. The van der Waals surface area contributed by atoms with Crippen LogP contribution >= 0.6 is 0 Å². The molecule has 0 spiro atoms. The van der Waals surface area contributed by atoms with Crippen molar-refractivity contribution < 1.29 is 9.59 Å². The van der Waals surface area contributed by atoms with Gasteiger partial charge in [-0.1, -0.05) is 6.92 Å². The van der Waals surface area contributed by atoms with Crippen molar-refractivity contribution in [1.82, 2.24) is 10.3 Å². The topological polar surface area (TPSA) is 114 Å². The maximum atomic E-state index is 11.1. The molecular weight excluding hydrogens is 258 g/mol. The van der Waals surface area contributed by atoms with Crippen LogP contribution in [-0.2, 0) is 16.1 Å². The lowest BCUT2D eigenvalue weighted by Gasteiger charge is -2.22. The lowest BCUT2D eigenvalue weighted by Crippen LogP contribution is -2.40. The number of anilines is 1. The molecule has 0 bridgehead atoms. The highest BCUT2D eigenvalue weighted by atomic mass is 16.2. The molecule has 7 nitrogen and oxygen atoms in total. The summed E-state index contributed by atoms with van der Waals surface area (Å²) in [5.41, 5.74) is 12.3. The number of aromatic nitrogens is 1. The highest BCUT2D eigenvalue weighted by Crippen LogP contribution is 2.17. The summed E-state index contributed by atoms with van der Waals surface area (Å²) >= 11 is 0. The number of hydrogen-bond donors (Lipinski definition) is 3. The first kappa shape index (κ1) is 15.9. The van der Waals surface area contributed by atoms with Crippen LogP contribution in [-0.4, -0.2) is 36.4 Å². The third-order valence-corrected chi connectivity index (χ3v) is 2.68. The van der Waals surface area contributed by atoms with Gasteiger partial charge in [0.25, 0.3) is 0 Å². The van der Waals surface area contributed by atoms with Gasteiger partial charge in [0.1, 0.15) is 5.82 Å². The van der Waals surface area contributed by atoms with E-state index in [-0.39, 0.29) is 13.1 Å². The predicted octanol–water partition coefficient (Wildman–Crippen LogP) is -0.723. The standard InChI is InChI=1S/C13H21N5O2/c1-3-16-5-10-4-9(2)13(17-6-10)18(7-11(14)19)8-12(15)20/h4,6,16H,3,5,7-8H2,1-2H3,(H2,14,19)(H2,15,20). The molecule has 2 amide bonds. The lowest BCUT2D eigenvalue weighted by molar-refractivity contribution is -0.117. The van der Waals surface area contributed by atoms with Gasteiger partial charge in [0.2, 0.25) is 11.8 Å². The zero-order valence-electron chi connectivity index (χ0n) is 11.8. The minimum absolute atomic E-state index is 0.0939. The molecule has 1 aromatic rings. The van der Waals surface area contributed by atoms with E-state index in [2.05, 4.69) is 10.3 Å². The first-order valence-electron chi connectivity index (χ1n) is 6.41. The highest BCUT2D eigenvalue weighted by molar-refractivity contribution is 5.84. The number of rotatable bonds is 8. The molecule has 5 N–H and O–H groups in total. The number of aryl methyl sites for hydroxylation is 1. The van der Waals surface area contributed by atoms with E-state index in [4.69, 9.17) is 11.5 Å². The summed E-state index contributed by atoms with van der Waals surface area (Å²) in [5, 5.41) is 3.20. The molecule has 0 saturated carbocycles. The summed E-state index contributed by atoms with van der Waals surface area (Å²) in [7, 11) is 0. The third kappa shape index (κ3) is 4.85. The SMILES string of the molecule is CCNCc1cnc(N(CC(N)=O)CC(N)=O)c(C)c1. The molecule has 1 aromatic heterocycles. The number of hydrogen-bond acceptors (Lipinski definition) is 5. The number of carbonyl (C=O) groups excluding carboxylic acids is 2. The third-order valence-electron chi connectivity index (χ3n) is 2.68. The molecule has 1 rings (SSSR count). The van der Waals surface area contributed by atoms with Crippen molar-refractivity contribution in [2.24, 2.45) is 11.5 Å². The van der Waals surface area contributed by atoms with Gasteiger partial charge in [-0.2, -0.15) is 0 Å². The van der Waals surface area contributed by atoms with Crippen LogP contribution in [0.5, 0.6) is 0 Å². The second kappa shape index (κ2) is 7.44. The Bertz CT molecular complexity index is 474. The second-order valence-corrected chi connectivity index (χ2v) is 4.55. The zero-order valence-corrected chi connectivity index (χ0v) is 11.8. The summed E-state index contributed by atoms with van der Waals surface area (Å²) in [6, 6.07) is 1.96. The van der Waals surface area contributed by atoms with E-state index in [0.717, 1.165) is 24.2 Å². The molecule has 7 heteroatoms. The molecule has 0 saturated heterocycles. The van der Waals surface area contributed by atoms with Crippen molar-refractivity contribution in [1.29, 1.82) is 0 Å². The maximum Gasteiger partial charge on any atom is 0.237 e. The van der Waals surface area contributed by atoms with Gasteiger partial charge < -0.3 is 21.7 Å². The Morgan fingerprint density at radius 2 is 1.90 bits per heavy atom. The van der Waals surface area contributed by atoms with Crippen LogP contribution in [0.2, 0.25) is 0 Å². The van der Waals surface area contributed by atoms with Gasteiger partial charge in [-0.25, -0.2) is 4.98 Å². The first-order chi connectivity index (χ1) is 9.43. The average molecular weight is 279 g/mol. The Labute approximate surface area is 118 Å². The van der Waals surface area contributed by atoms with Gasteiger partial charge in [0.15, 0.2) is 0 Å². The monoisotopic (exact) mass is 279 g/mol. The maximum absolute atomic E-state index is 11.1. The lowest BCUT2D eigenvalue weighted by atomic mass is 10.2. The summed E-state index contributed by atoms with van der Waals surface area (Å²) in [6.07, 6.45) is 1.71. The quantitative estimate of drug-likeness (QED) is 0.581. The number of nitrogens with zero attached hydrogens (tertiary/aromatic N) is 2. The van der Waals surface area contributed by atoms with E-state index in [1.807, 2.05) is 19.9 Å². The summed E-state index contributed by atoms with van der Waals surface area (Å²) < 4.78 is 0. The van der Waals surface area contributed by atoms with E-state index in [1.54, 1.807) is 6.20 Å². The van der Waals surface area contributed by atoms with Crippen LogP contribution in [0.4, 0.5) is 5.82 Å². The Morgan fingerprint density at radius 1 is 1.30 bits per heavy atom. The molecule has 0 aliphatic rings. The average Bonchev–Trinajstić information content (AvgIpc) is 2.34. The molecule has 0 fully saturated rings. The molecule has 0 aliphatic carbocycles. The van der Waals surface area contributed by atoms with Crippen LogP contribution in [0.1, 0.15) is 18.1 Å². The summed E-state index contributed by atoms with van der Waals surface area (Å²) in [5.74, 6) is -0.531. The normalized spacial score (nSPS) is 10.3. The molecule has 1 heterocycles. The minimum Gasteiger partial charge on any atom is -0.368 e. The van der Waals surface area contributed by atoms with Crippen LogP contribution in [0.3, 0.4) is 0 Å². The Balaban J connectivity index is 2.95. The number of amides is 2. The van der Waals surface area contributed by atoms with Crippen LogP contribution in [0, 0.1) is 6.92 Å². The van der Waals surface area contributed by atoms with Crippen LogP contribution in [0.15, 0.2) is 12.3 Å². The number of carbonyl (C=O) groups is 2. The van der Waals surface area contributed by atoms with Crippen molar-refractivity contribution >= 4 is 17.6 Å². The molecule has 0 aliphatic heterocycles. The van der Waals surface area contributed by atoms with E-state index in [9.17, 15) is 9.59 Å². The summed E-state index contributed by atoms with van der Waals surface area (Å²) in [6.45, 7) is 5.29. The Kier molecular flexibility index (Phi) is 5.92. The molecule has 0 unspecified atom stereocenters. The molecule has 20 heavy (non-hydrogen) atoms. The van der Waals surface area contributed by atoms with E-state index in [0.29, 0.717) is 5.82 Å². The van der Waals surface area contributed by atoms with E-state index < -0.39 is 11.8 Å². The van der Waals surface area contributed by atoms with Gasteiger partial charge >= 0.3 is 0 Å². The number of nitrogens with two attached hydrogens (primary N) is 2. The molecule has 110 valence electrons. The van der Waals surface area contributed by atoms with Crippen molar-refractivity contribution in [2.75, 3.05) is 24.5 Å². The first-order valence-corrected chi connectivity index (χ1v) is 6.41. The molecule has 0 radical (unpaired) electrons. The van der Waals surface area contributed by atoms with Gasteiger partial charge in [-0.3, -0.25) is 9.59 Å². The number of primary amides is 2. The van der Waals surface area contributed by atoms with E-state index in [1.165, 1.54) is 4.90 Å². The van der Waals surface area contributed by atoms with Gasteiger partial charge in [0.05, 0.1) is 13.1 Å². The second-order valence-electron chi connectivity index (χ2n) is 4.55. The van der Waals surface area contributed by atoms with Crippen LogP contribution < -0.4 is 21.7 Å². The van der Waals surface area contributed by atoms with Gasteiger partial charge in [-0.05, 0) is 30.7 Å². The van der Waals surface area contributed by atoms with Crippen molar-refractivity contribution in [2.45, 2.75) is 20.4 Å². The Hall–Kier alpha value is -2.15. The Morgan fingerprint density at radius 3 is 2.35 bits per heavy atom. The highest BCUT2D eigenvalue weighted by Gasteiger charge is 2.15. The molecular formula is C13H21N5O2. The number of nitrogens with one attached hydrogen (secondary N) is 1. The molecule has 0 atom stereocenters. The van der Waals surface area contributed by atoms with Gasteiger partial charge in [-0.15, -0.1) is 0 Å². The van der Waals surface area contributed by atoms with Crippen molar-refractivity contribution in [3.63, 3.8) is 0 Å². The summed E-state index contributed by atoms with van der Waals surface area (Å²) in [4.78, 5) is 27.9. The fourth-order valence-corrected chi connectivity index (χ4v) is 1.90. The number of pyridine rings is 1. The fraction of sp³-hybridized carbons (Fsp3) is 0.462. The van der Waals surface area contributed by atoms with E-state index >= 15 is 0 Å².